The number of piperazine rings is 1. The maximum absolute atomic E-state index is 12.2. The molecule has 0 unspecified atom stereocenters. The summed E-state index contributed by atoms with van der Waals surface area (Å²) in [5.41, 5.74) is 4.55. The summed E-state index contributed by atoms with van der Waals surface area (Å²) in [5, 5.41) is 0.499. The third-order valence-corrected chi connectivity index (χ3v) is 6.46. The maximum Gasteiger partial charge on any atom is 0.268 e. The Morgan fingerprint density at radius 1 is 1.18 bits per heavy atom. The van der Waals surface area contributed by atoms with Crippen LogP contribution in [0.5, 0.6) is 0 Å². The van der Waals surface area contributed by atoms with Crippen LogP contribution in [0.15, 0.2) is 41.5 Å². The molecular formula is C23H23B3N6O2. The fraction of sp³-hybridized carbons (Fsp3) is 0.391. The number of rotatable bonds is 6. The van der Waals surface area contributed by atoms with Crippen LogP contribution in [0, 0.1) is 0 Å². The van der Waals surface area contributed by atoms with Gasteiger partial charge < -0.3 is 15.2 Å². The number of carbonyl (C=O) groups excluding carboxylic acids is 1. The van der Waals surface area contributed by atoms with Crippen LogP contribution in [0.25, 0.3) is 11.0 Å². The van der Waals surface area contributed by atoms with Crippen LogP contribution < -0.4 is 15.8 Å². The lowest BCUT2D eigenvalue weighted by atomic mass is 9.49. The molecule has 0 aromatic carbocycles. The number of amides is 1. The highest BCUT2D eigenvalue weighted by molar-refractivity contribution is 6.60. The van der Waals surface area contributed by atoms with E-state index in [0.717, 1.165) is 53.9 Å². The molecule has 1 saturated carbocycles. The van der Waals surface area contributed by atoms with Crippen molar-refractivity contribution < 1.29 is 4.79 Å². The molecule has 8 nitrogen and oxygen atoms in total. The number of nitrogens with one attached hydrogen (secondary N) is 2. The molecule has 11 heteroatoms. The number of nitrogens with zero attached hydrogens (tertiary/aromatic N) is 4. The molecule has 5 rings (SSSR count). The van der Waals surface area contributed by atoms with Gasteiger partial charge in [0.25, 0.3) is 11.5 Å². The number of aryl methyl sites for hydroxylation is 1. The van der Waals surface area contributed by atoms with Gasteiger partial charge in [-0.3, -0.25) is 19.5 Å². The van der Waals surface area contributed by atoms with Gasteiger partial charge in [0.15, 0.2) is 0 Å². The first kappa shape index (κ1) is 22.7. The van der Waals surface area contributed by atoms with Gasteiger partial charge in [-0.15, -0.1) is 0 Å². The number of H-pyrrole nitrogens is 1. The summed E-state index contributed by atoms with van der Waals surface area (Å²) in [6.07, 6.45) is 5.34. The lowest BCUT2D eigenvalue weighted by Crippen LogP contribution is -2.50. The topological polar surface area (TPSA) is 94.2 Å². The van der Waals surface area contributed by atoms with E-state index in [9.17, 15) is 9.59 Å². The Morgan fingerprint density at radius 3 is 2.71 bits per heavy atom. The molecule has 166 valence electrons. The van der Waals surface area contributed by atoms with Gasteiger partial charge in [-0.2, -0.15) is 0 Å². The Hall–Kier alpha value is -3.07. The van der Waals surface area contributed by atoms with Crippen molar-refractivity contribution in [2.45, 2.75) is 43.6 Å². The Labute approximate surface area is 201 Å². The number of aromatic nitrogens is 3. The third kappa shape index (κ3) is 4.62. The van der Waals surface area contributed by atoms with E-state index < -0.39 is 11.1 Å². The lowest BCUT2D eigenvalue weighted by Gasteiger charge is -2.35. The van der Waals surface area contributed by atoms with Gasteiger partial charge in [0, 0.05) is 43.5 Å². The summed E-state index contributed by atoms with van der Waals surface area (Å²) in [4.78, 5) is 40.9. The minimum Gasteiger partial charge on any atom is -0.371 e. The highest BCUT2D eigenvalue weighted by Crippen LogP contribution is 2.40. The zero-order valence-corrected chi connectivity index (χ0v) is 19.0. The summed E-state index contributed by atoms with van der Waals surface area (Å²) >= 11 is 0. The molecule has 2 fully saturated rings. The van der Waals surface area contributed by atoms with E-state index in [1.807, 2.05) is 31.3 Å². The van der Waals surface area contributed by atoms with Crippen molar-refractivity contribution in [3.63, 3.8) is 0 Å². The first-order chi connectivity index (χ1) is 16.2. The second kappa shape index (κ2) is 8.62. The van der Waals surface area contributed by atoms with Gasteiger partial charge in [-0.05, 0) is 42.7 Å². The van der Waals surface area contributed by atoms with Crippen molar-refractivity contribution in [1.29, 1.82) is 0 Å². The van der Waals surface area contributed by atoms with Gasteiger partial charge in [-0.25, -0.2) is 4.98 Å². The normalized spacial score (nSPS) is 20.2. The molecule has 2 atom stereocenters. The fourth-order valence-corrected chi connectivity index (χ4v) is 4.68. The number of carbonyl (C=O) groups is 1. The van der Waals surface area contributed by atoms with E-state index >= 15 is 0 Å². The Morgan fingerprint density at radius 2 is 2.00 bits per heavy atom. The summed E-state index contributed by atoms with van der Waals surface area (Å²) in [6, 6.07) is 8.27. The van der Waals surface area contributed by atoms with Crippen molar-refractivity contribution in [1.82, 2.24) is 25.2 Å². The lowest BCUT2D eigenvalue weighted by molar-refractivity contribution is 0.0947. The molecule has 34 heavy (non-hydrogen) atoms. The predicted octanol–water partition coefficient (Wildman–Crippen LogP) is 0.190. The van der Waals surface area contributed by atoms with Crippen LogP contribution in [0.2, 0.25) is 0 Å². The van der Waals surface area contributed by atoms with Crippen LogP contribution in [0.3, 0.4) is 0 Å². The van der Waals surface area contributed by atoms with Crippen molar-refractivity contribution in [3.8, 4) is 0 Å². The van der Waals surface area contributed by atoms with Crippen molar-refractivity contribution >= 4 is 46.2 Å². The number of aromatic amines is 1. The van der Waals surface area contributed by atoms with E-state index in [1.54, 1.807) is 12.3 Å². The van der Waals surface area contributed by atoms with Gasteiger partial charge in [0.1, 0.15) is 5.69 Å². The predicted molar refractivity (Wildman–Crippen MR) is 133 cm³/mol. The molecule has 4 heterocycles. The molecule has 0 bridgehead atoms. The minimum absolute atomic E-state index is 0.0460. The van der Waals surface area contributed by atoms with Gasteiger partial charge in [-0.1, -0.05) is 12.2 Å². The number of fused-ring (bicyclic) bond motifs is 2. The smallest absolute Gasteiger partial charge is 0.268 e. The first-order valence-electron chi connectivity index (χ1n) is 11.4. The Kier molecular flexibility index (Phi) is 5.76. The maximum atomic E-state index is 12.2. The molecule has 1 aliphatic heterocycles. The van der Waals surface area contributed by atoms with Crippen LogP contribution in [-0.4, -0.2) is 79.7 Å². The molecule has 3 aromatic rings. The number of hydrogen-bond donors (Lipinski definition) is 2. The zero-order valence-electron chi connectivity index (χ0n) is 19.0. The molecule has 1 aliphatic carbocycles. The van der Waals surface area contributed by atoms with E-state index in [0.29, 0.717) is 18.5 Å². The van der Waals surface area contributed by atoms with Crippen LogP contribution in [0.4, 0.5) is 5.69 Å². The van der Waals surface area contributed by atoms with Gasteiger partial charge in [0.2, 0.25) is 0 Å². The SMILES string of the molecule is [B]C([B])([B])NC(=O)c1ccc(N2CCN(Cc3cnc4cc(CC)c(=O)[nH]c4c3)[C@@H]3C[C@@H]32)cn1. The Balaban J connectivity index is 1.24. The number of anilines is 1. The van der Waals surface area contributed by atoms with E-state index in [1.165, 1.54) is 0 Å². The molecule has 0 spiro atoms. The second-order valence-electron chi connectivity index (χ2n) is 9.08. The molecule has 3 aromatic heterocycles. The van der Waals surface area contributed by atoms with Crippen molar-refractivity contribution in [3.05, 3.63) is 63.8 Å². The standard InChI is InChI=1S/C23H23B3N6O2/c1-2-14-8-17-18(29-21(14)33)7-13(10-27-17)12-31-5-6-32(20-9-19(20)31)15-3-4-16(28-11-15)22(34)30-23(24,25)26/h3-4,7-8,10-11,19-20H,2,5-6,9,12H2,1H3,(H,29,33)(H,30,34)/t19-,20+/m1/s1. The van der Waals surface area contributed by atoms with Crippen LogP contribution in [0.1, 0.15) is 35.0 Å². The molecule has 1 saturated heterocycles. The van der Waals surface area contributed by atoms with Crippen molar-refractivity contribution in [2.24, 2.45) is 0 Å². The van der Waals surface area contributed by atoms with Gasteiger partial charge in [0.05, 0.1) is 46.5 Å². The van der Waals surface area contributed by atoms with Crippen LogP contribution >= 0.6 is 0 Å². The summed E-state index contributed by atoms with van der Waals surface area (Å²) in [5.74, 6) is -0.524. The quantitative estimate of drug-likeness (QED) is 0.524. The summed E-state index contributed by atoms with van der Waals surface area (Å²) in [7, 11) is 16.3. The third-order valence-electron chi connectivity index (χ3n) is 6.46. The number of hydrogen-bond acceptors (Lipinski definition) is 6. The molecule has 1 amide bonds. The molecular weight excluding hydrogens is 425 g/mol. The molecule has 6 radical (unpaired) electrons. The molecule has 2 N–H and O–H groups in total. The van der Waals surface area contributed by atoms with E-state index in [-0.39, 0.29) is 11.3 Å². The van der Waals surface area contributed by atoms with Crippen LogP contribution in [-0.2, 0) is 13.0 Å². The number of pyridine rings is 3. The highest BCUT2D eigenvalue weighted by Gasteiger charge is 2.48. The fourth-order valence-electron chi connectivity index (χ4n) is 4.68. The summed E-state index contributed by atoms with van der Waals surface area (Å²) < 4.78 is 0. The average molecular weight is 448 g/mol. The monoisotopic (exact) mass is 448 g/mol. The second-order valence-corrected chi connectivity index (χ2v) is 9.08. The largest absolute Gasteiger partial charge is 0.371 e. The van der Waals surface area contributed by atoms with Crippen molar-refractivity contribution in [2.75, 3.05) is 18.0 Å². The minimum atomic E-state index is -1.79. The molecule has 2 aliphatic rings. The first-order valence-corrected chi connectivity index (χ1v) is 11.4. The highest BCUT2D eigenvalue weighted by atomic mass is 16.2. The summed E-state index contributed by atoms with van der Waals surface area (Å²) in [6.45, 7) is 4.49. The van der Waals surface area contributed by atoms with Gasteiger partial charge >= 0.3 is 0 Å². The van der Waals surface area contributed by atoms with E-state index in [2.05, 4.69) is 30.1 Å². The van der Waals surface area contributed by atoms with E-state index in [4.69, 9.17) is 23.5 Å². The average Bonchev–Trinajstić information content (AvgIpc) is 3.59. The zero-order chi connectivity index (χ0) is 24.0. The Bertz CT molecular complexity index is 1290.